The van der Waals surface area contributed by atoms with E-state index in [0.717, 1.165) is 29.2 Å². The Kier molecular flexibility index (Phi) is 5.61. The number of benzene rings is 1. The third-order valence-corrected chi connectivity index (χ3v) is 5.89. The quantitative estimate of drug-likeness (QED) is 0.774. The van der Waals surface area contributed by atoms with Crippen molar-refractivity contribution < 1.29 is 4.74 Å². The molecule has 0 amide bonds. The molecule has 5 heteroatoms. The molecule has 0 saturated heterocycles. The first-order chi connectivity index (χ1) is 11.6. The zero-order valence-electron chi connectivity index (χ0n) is 14.9. The van der Waals surface area contributed by atoms with Crippen LogP contribution in [0.1, 0.15) is 37.3 Å². The lowest BCUT2D eigenvalue weighted by atomic mass is 9.95. The number of hydrogen-bond acceptors (Lipinski definition) is 3. The average molecular weight is 348 g/mol. The van der Waals surface area contributed by atoms with Crippen LogP contribution in [0, 0.1) is 11.8 Å². The monoisotopic (exact) mass is 347 g/mol. The summed E-state index contributed by atoms with van der Waals surface area (Å²) in [4.78, 5) is 2.20. The minimum Gasteiger partial charge on any atom is -0.496 e. The number of para-hydroxylation sites is 1. The summed E-state index contributed by atoms with van der Waals surface area (Å²) in [6, 6.07) is 8.98. The van der Waals surface area contributed by atoms with Crippen LogP contribution in [0.5, 0.6) is 5.75 Å². The van der Waals surface area contributed by atoms with Crippen molar-refractivity contribution >= 4 is 17.3 Å². The lowest BCUT2D eigenvalue weighted by Crippen LogP contribution is -2.46. The van der Waals surface area contributed by atoms with Crippen molar-refractivity contribution in [2.45, 2.75) is 37.8 Å². The first-order valence-corrected chi connectivity index (χ1v) is 9.33. The van der Waals surface area contributed by atoms with Gasteiger partial charge in [-0.1, -0.05) is 24.6 Å². The third-order valence-electron chi connectivity index (χ3n) is 5.63. The Balaban J connectivity index is 1.57. The second-order valence-electron chi connectivity index (χ2n) is 7.36. The van der Waals surface area contributed by atoms with Gasteiger partial charge in [-0.05, 0) is 63.5 Å². The fraction of sp³-hybridized carbons (Fsp3) is 0.632. The van der Waals surface area contributed by atoms with Crippen LogP contribution < -0.4 is 15.4 Å². The second-order valence-corrected chi connectivity index (χ2v) is 7.77. The van der Waals surface area contributed by atoms with E-state index in [1.165, 1.54) is 31.2 Å². The van der Waals surface area contributed by atoms with Crippen LogP contribution in [0.25, 0.3) is 0 Å². The largest absolute Gasteiger partial charge is 0.496 e. The Morgan fingerprint density at radius 2 is 2.08 bits per heavy atom. The summed E-state index contributed by atoms with van der Waals surface area (Å²) in [6.45, 7) is 0.764. The highest BCUT2D eigenvalue weighted by molar-refractivity contribution is 7.80. The normalized spacial score (nSPS) is 26.4. The fourth-order valence-electron chi connectivity index (χ4n) is 4.34. The molecular formula is C19H29N3OS. The number of fused-ring (bicyclic) bond motifs is 2. The number of thiocarbonyl (C=S) groups is 1. The number of nitrogens with one attached hydrogen (secondary N) is 2. The fourth-order valence-corrected chi connectivity index (χ4v) is 4.58. The predicted octanol–water partition coefficient (Wildman–Crippen LogP) is 2.95. The van der Waals surface area contributed by atoms with Gasteiger partial charge in [-0.3, -0.25) is 0 Å². The maximum atomic E-state index is 5.55. The van der Waals surface area contributed by atoms with Gasteiger partial charge in [-0.25, -0.2) is 0 Å². The van der Waals surface area contributed by atoms with E-state index in [1.54, 1.807) is 7.11 Å². The number of ether oxygens (including phenoxy) is 1. The molecule has 0 unspecified atom stereocenters. The minimum absolute atomic E-state index is 0.209. The van der Waals surface area contributed by atoms with Crippen LogP contribution in [0.3, 0.4) is 0 Å². The summed E-state index contributed by atoms with van der Waals surface area (Å²) in [5, 5.41) is 7.76. The zero-order valence-corrected chi connectivity index (χ0v) is 15.7. The van der Waals surface area contributed by atoms with Gasteiger partial charge >= 0.3 is 0 Å². The van der Waals surface area contributed by atoms with Gasteiger partial charge in [0, 0.05) is 18.2 Å². The molecule has 2 aliphatic rings. The molecule has 0 aliphatic heterocycles. The molecule has 24 heavy (non-hydrogen) atoms. The summed E-state index contributed by atoms with van der Waals surface area (Å²) in [6.07, 6.45) is 5.46. The Morgan fingerprint density at radius 1 is 1.29 bits per heavy atom. The van der Waals surface area contributed by atoms with Crippen molar-refractivity contribution in [2.24, 2.45) is 11.8 Å². The van der Waals surface area contributed by atoms with E-state index in [4.69, 9.17) is 17.0 Å². The molecule has 132 valence electrons. The molecule has 2 aliphatic carbocycles. The summed E-state index contributed by atoms with van der Waals surface area (Å²) in [5.74, 6) is 2.68. The minimum atomic E-state index is 0.209. The summed E-state index contributed by atoms with van der Waals surface area (Å²) < 4.78 is 5.52. The molecule has 4 nitrogen and oxygen atoms in total. The number of nitrogens with zero attached hydrogens (tertiary/aromatic N) is 1. The van der Waals surface area contributed by atoms with E-state index in [-0.39, 0.29) is 6.04 Å². The maximum Gasteiger partial charge on any atom is 0.166 e. The van der Waals surface area contributed by atoms with Crippen molar-refractivity contribution in [3.63, 3.8) is 0 Å². The Bertz CT molecular complexity index is 577. The second kappa shape index (κ2) is 7.70. The van der Waals surface area contributed by atoms with Gasteiger partial charge in [-0.15, -0.1) is 0 Å². The number of rotatable bonds is 6. The lowest BCUT2D eigenvalue weighted by molar-refractivity contribution is 0.287. The first kappa shape index (κ1) is 17.5. The SMILES string of the molecule is COc1ccccc1[C@@H](CNC(=S)N[C@H]1C[C@H]2CC[C@H]1C2)N(C)C. The van der Waals surface area contributed by atoms with Crippen LogP contribution in [0.15, 0.2) is 24.3 Å². The summed E-state index contributed by atoms with van der Waals surface area (Å²) >= 11 is 5.55. The van der Waals surface area contributed by atoms with Crippen molar-refractivity contribution in [1.29, 1.82) is 0 Å². The van der Waals surface area contributed by atoms with E-state index in [1.807, 2.05) is 12.1 Å². The number of likely N-dealkylation sites (N-methyl/N-ethyl adjacent to an activating group) is 1. The van der Waals surface area contributed by atoms with Gasteiger partial charge in [0.05, 0.1) is 13.2 Å². The van der Waals surface area contributed by atoms with Gasteiger partial charge < -0.3 is 20.3 Å². The molecule has 4 atom stereocenters. The highest BCUT2D eigenvalue weighted by Gasteiger charge is 2.39. The molecule has 2 bridgehead atoms. The molecule has 0 heterocycles. The van der Waals surface area contributed by atoms with Crippen LogP contribution in [-0.2, 0) is 0 Å². The van der Waals surface area contributed by atoms with E-state index in [9.17, 15) is 0 Å². The lowest BCUT2D eigenvalue weighted by Gasteiger charge is -2.29. The molecule has 2 saturated carbocycles. The zero-order chi connectivity index (χ0) is 17.1. The average Bonchev–Trinajstić information content (AvgIpc) is 3.18. The molecular weight excluding hydrogens is 318 g/mol. The molecule has 0 aromatic heterocycles. The van der Waals surface area contributed by atoms with Gasteiger partial charge in [0.25, 0.3) is 0 Å². The van der Waals surface area contributed by atoms with E-state index < -0.39 is 0 Å². The molecule has 2 fully saturated rings. The standard InChI is InChI=1S/C19H29N3OS/c1-22(2)17(15-6-4-5-7-18(15)23-3)12-20-19(24)21-16-11-13-8-9-14(16)10-13/h4-7,13-14,16-17H,8-12H2,1-3H3,(H2,20,21,24)/t13-,14-,16-,17+/m0/s1. The number of methoxy groups -OCH3 is 1. The van der Waals surface area contributed by atoms with Crippen molar-refractivity contribution in [2.75, 3.05) is 27.7 Å². The third kappa shape index (κ3) is 3.83. The highest BCUT2D eigenvalue weighted by atomic mass is 32.1. The van der Waals surface area contributed by atoms with Crippen molar-refractivity contribution in [3.05, 3.63) is 29.8 Å². The Morgan fingerprint density at radius 3 is 2.71 bits per heavy atom. The Hall–Kier alpha value is -1.33. The maximum absolute atomic E-state index is 5.55. The smallest absolute Gasteiger partial charge is 0.166 e. The highest BCUT2D eigenvalue weighted by Crippen LogP contribution is 2.44. The summed E-state index contributed by atoms with van der Waals surface area (Å²) in [5.41, 5.74) is 1.18. The van der Waals surface area contributed by atoms with Gasteiger partial charge in [0.2, 0.25) is 0 Å². The first-order valence-electron chi connectivity index (χ1n) is 8.92. The number of hydrogen-bond donors (Lipinski definition) is 2. The molecule has 0 spiro atoms. The van der Waals surface area contributed by atoms with Crippen molar-refractivity contribution in [3.8, 4) is 5.75 Å². The van der Waals surface area contributed by atoms with Crippen LogP contribution >= 0.6 is 12.2 Å². The van der Waals surface area contributed by atoms with Crippen LogP contribution in [0.2, 0.25) is 0 Å². The van der Waals surface area contributed by atoms with Gasteiger partial charge in [0.1, 0.15) is 5.75 Å². The molecule has 1 aromatic carbocycles. The predicted molar refractivity (Wildman–Crippen MR) is 102 cm³/mol. The molecule has 3 rings (SSSR count). The topological polar surface area (TPSA) is 36.5 Å². The van der Waals surface area contributed by atoms with Gasteiger partial charge in [0.15, 0.2) is 5.11 Å². The molecule has 2 N–H and O–H groups in total. The van der Waals surface area contributed by atoms with Crippen LogP contribution in [0.4, 0.5) is 0 Å². The summed E-state index contributed by atoms with van der Waals surface area (Å²) in [7, 11) is 5.90. The van der Waals surface area contributed by atoms with E-state index in [0.29, 0.717) is 6.04 Å². The van der Waals surface area contributed by atoms with Crippen LogP contribution in [-0.4, -0.2) is 43.8 Å². The van der Waals surface area contributed by atoms with Crippen molar-refractivity contribution in [1.82, 2.24) is 15.5 Å². The molecule has 1 aromatic rings. The molecule has 0 radical (unpaired) electrons. The van der Waals surface area contributed by atoms with E-state index >= 15 is 0 Å². The Labute approximate surface area is 150 Å². The van der Waals surface area contributed by atoms with E-state index in [2.05, 4.69) is 41.8 Å². The van der Waals surface area contributed by atoms with Gasteiger partial charge in [-0.2, -0.15) is 0 Å².